The Morgan fingerprint density at radius 3 is 2.52 bits per heavy atom. The van der Waals surface area contributed by atoms with Crippen molar-refractivity contribution in [2.45, 2.75) is 18.2 Å². The molecule has 1 aromatic rings. The molecule has 0 bridgehead atoms. The third kappa shape index (κ3) is 8.05. The number of guanidine groups is 1. The lowest BCUT2D eigenvalue weighted by molar-refractivity contribution is 0.592. The van der Waals surface area contributed by atoms with Crippen molar-refractivity contribution in [1.82, 2.24) is 5.32 Å². The summed E-state index contributed by atoms with van der Waals surface area (Å²) in [5.74, 6) is 0.391. The first-order valence-electron chi connectivity index (χ1n) is 6.38. The minimum Gasteiger partial charge on any atom is -0.370 e. The highest BCUT2D eigenvalue weighted by molar-refractivity contribution is 14.0. The van der Waals surface area contributed by atoms with E-state index in [0.717, 1.165) is 5.57 Å². The van der Waals surface area contributed by atoms with Crippen LogP contribution in [-0.4, -0.2) is 33.2 Å². The van der Waals surface area contributed by atoms with Crippen LogP contribution >= 0.6 is 24.0 Å². The second kappa shape index (κ2) is 9.78. The largest absolute Gasteiger partial charge is 0.370 e. The van der Waals surface area contributed by atoms with E-state index in [1.54, 1.807) is 30.3 Å². The lowest BCUT2D eigenvalue weighted by Gasteiger charge is -2.06. The summed E-state index contributed by atoms with van der Waals surface area (Å²) >= 11 is 0. The zero-order valence-electron chi connectivity index (χ0n) is 12.1. The Balaban J connectivity index is 0.00000400. The Hall–Kier alpha value is -1.09. The van der Waals surface area contributed by atoms with Crippen LogP contribution in [0.3, 0.4) is 0 Å². The van der Waals surface area contributed by atoms with Crippen molar-refractivity contribution in [3.8, 4) is 0 Å². The van der Waals surface area contributed by atoms with Crippen molar-refractivity contribution in [3.05, 3.63) is 42.5 Å². The fourth-order valence-corrected chi connectivity index (χ4v) is 2.83. The van der Waals surface area contributed by atoms with Gasteiger partial charge in [0.15, 0.2) is 15.8 Å². The Morgan fingerprint density at radius 1 is 1.33 bits per heavy atom. The van der Waals surface area contributed by atoms with Gasteiger partial charge in [-0.1, -0.05) is 30.4 Å². The monoisotopic (exact) mass is 423 g/mol. The van der Waals surface area contributed by atoms with E-state index in [9.17, 15) is 8.42 Å². The van der Waals surface area contributed by atoms with E-state index in [1.807, 2.05) is 6.92 Å². The molecule has 0 aromatic heterocycles. The highest BCUT2D eigenvalue weighted by Crippen LogP contribution is 2.10. The van der Waals surface area contributed by atoms with E-state index in [2.05, 4.69) is 16.9 Å². The molecule has 3 N–H and O–H groups in total. The highest BCUT2D eigenvalue weighted by atomic mass is 127. The van der Waals surface area contributed by atoms with Gasteiger partial charge < -0.3 is 11.1 Å². The van der Waals surface area contributed by atoms with Gasteiger partial charge in [-0.15, -0.1) is 24.0 Å². The highest BCUT2D eigenvalue weighted by Gasteiger charge is 2.12. The number of aliphatic imine (C=N–C) groups is 1. The molecule has 1 aromatic carbocycles. The molecule has 0 saturated carbocycles. The lowest BCUT2D eigenvalue weighted by atomic mass is 10.4. The minimum absolute atomic E-state index is 0. The van der Waals surface area contributed by atoms with E-state index >= 15 is 0 Å². The smallest absolute Gasteiger partial charge is 0.188 e. The molecule has 0 amide bonds. The number of nitrogens with zero attached hydrogens (tertiary/aromatic N) is 1. The van der Waals surface area contributed by atoms with Gasteiger partial charge in [0.2, 0.25) is 0 Å². The molecule has 0 fully saturated rings. The molecule has 0 heterocycles. The number of nitrogens with two attached hydrogens (primary N) is 1. The molecule has 21 heavy (non-hydrogen) atoms. The summed E-state index contributed by atoms with van der Waals surface area (Å²) in [6.45, 7) is 6.53. The predicted octanol–water partition coefficient (Wildman–Crippen LogP) is 1.95. The molecular weight excluding hydrogens is 401 g/mol. The Bertz CT molecular complexity index is 571. The van der Waals surface area contributed by atoms with Gasteiger partial charge in [-0.3, -0.25) is 0 Å². The number of nitrogens with one attached hydrogen (secondary N) is 1. The number of rotatable bonds is 7. The fourth-order valence-electron chi connectivity index (χ4n) is 1.50. The summed E-state index contributed by atoms with van der Waals surface area (Å²) in [5.41, 5.74) is 6.55. The van der Waals surface area contributed by atoms with Gasteiger partial charge in [0.05, 0.1) is 17.2 Å². The van der Waals surface area contributed by atoms with Crippen molar-refractivity contribution >= 4 is 39.8 Å². The topological polar surface area (TPSA) is 84.5 Å². The summed E-state index contributed by atoms with van der Waals surface area (Å²) in [6.07, 6.45) is 0.473. The molecule has 0 spiro atoms. The maximum Gasteiger partial charge on any atom is 0.188 e. The summed E-state index contributed by atoms with van der Waals surface area (Å²) in [5, 5.41) is 2.88. The SMILES string of the molecule is C=C(C)CN=C(N)NCCCS(=O)(=O)c1ccccc1.I. The van der Waals surface area contributed by atoms with Crippen molar-refractivity contribution in [2.75, 3.05) is 18.8 Å². The van der Waals surface area contributed by atoms with Crippen molar-refractivity contribution in [3.63, 3.8) is 0 Å². The summed E-state index contributed by atoms with van der Waals surface area (Å²) in [6, 6.07) is 8.43. The van der Waals surface area contributed by atoms with E-state index in [-0.39, 0.29) is 29.7 Å². The third-order valence-electron chi connectivity index (χ3n) is 2.52. The molecule has 0 atom stereocenters. The van der Waals surface area contributed by atoms with Gasteiger partial charge in [0.25, 0.3) is 0 Å². The average Bonchev–Trinajstić information content (AvgIpc) is 2.42. The molecule has 1 rings (SSSR count). The summed E-state index contributed by atoms with van der Waals surface area (Å²) in [7, 11) is -3.22. The Morgan fingerprint density at radius 2 is 1.95 bits per heavy atom. The van der Waals surface area contributed by atoms with E-state index in [1.165, 1.54) is 0 Å². The van der Waals surface area contributed by atoms with Crippen LogP contribution in [0.1, 0.15) is 13.3 Å². The number of sulfone groups is 1. The maximum absolute atomic E-state index is 12.0. The lowest BCUT2D eigenvalue weighted by Crippen LogP contribution is -2.33. The molecule has 0 aliphatic heterocycles. The van der Waals surface area contributed by atoms with Crippen LogP contribution in [0.2, 0.25) is 0 Å². The fraction of sp³-hybridized carbons (Fsp3) is 0.357. The van der Waals surface area contributed by atoms with E-state index in [4.69, 9.17) is 5.73 Å². The van der Waals surface area contributed by atoms with Crippen LogP contribution in [0.25, 0.3) is 0 Å². The quantitative estimate of drug-likeness (QED) is 0.231. The van der Waals surface area contributed by atoms with Gasteiger partial charge in [0.1, 0.15) is 0 Å². The Kier molecular flexibility index (Phi) is 9.27. The number of benzene rings is 1. The predicted molar refractivity (Wildman–Crippen MR) is 97.8 cm³/mol. The molecule has 0 unspecified atom stereocenters. The molecule has 0 saturated heterocycles. The second-order valence-corrected chi connectivity index (χ2v) is 6.68. The molecule has 0 aliphatic carbocycles. The third-order valence-corrected chi connectivity index (χ3v) is 4.33. The van der Waals surface area contributed by atoms with Crippen LogP contribution in [0, 0.1) is 0 Å². The van der Waals surface area contributed by atoms with Gasteiger partial charge in [-0.25, -0.2) is 13.4 Å². The minimum atomic E-state index is -3.22. The number of hydrogen-bond donors (Lipinski definition) is 2. The van der Waals surface area contributed by atoms with E-state index < -0.39 is 9.84 Å². The number of halogens is 1. The van der Waals surface area contributed by atoms with Gasteiger partial charge in [-0.2, -0.15) is 0 Å². The molecular formula is C14H22IN3O2S. The maximum atomic E-state index is 12.0. The van der Waals surface area contributed by atoms with Crippen LogP contribution < -0.4 is 11.1 Å². The first-order chi connectivity index (χ1) is 9.42. The molecule has 7 heteroatoms. The molecule has 0 aliphatic rings. The summed E-state index contributed by atoms with van der Waals surface area (Å²) in [4.78, 5) is 4.40. The van der Waals surface area contributed by atoms with Crippen LogP contribution in [0.15, 0.2) is 52.4 Å². The molecule has 0 radical (unpaired) electrons. The van der Waals surface area contributed by atoms with Crippen molar-refractivity contribution < 1.29 is 8.42 Å². The average molecular weight is 423 g/mol. The zero-order chi connectivity index (χ0) is 15.0. The first kappa shape index (κ1) is 19.9. The van der Waals surface area contributed by atoms with Crippen LogP contribution in [-0.2, 0) is 9.84 Å². The molecule has 5 nitrogen and oxygen atoms in total. The van der Waals surface area contributed by atoms with Gasteiger partial charge >= 0.3 is 0 Å². The summed E-state index contributed by atoms with van der Waals surface area (Å²) < 4.78 is 24.0. The standard InChI is InChI=1S/C14H21N3O2S.HI/c1-12(2)11-17-14(15)16-9-6-10-20(18,19)13-7-4-3-5-8-13;/h3-5,7-8H,1,6,9-11H2,2H3,(H3,15,16,17);1H. The van der Waals surface area contributed by atoms with Gasteiger partial charge in [-0.05, 0) is 25.5 Å². The normalized spacial score (nSPS) is 11.6. The first-order valence-corrected chi connectivity index (χ1v) is 8.03. The zero-order valence-corrected chi connectivity index (χ0v) is 15.2. The number of hydrogen-bond acceptors (Lipinski definition) is 3. The molecule has 118 valence electrons. The second-order valence-electron chi connectivity index (χ2n) is 4.57. The Labute approximate surface area is 143 Å². The van der Waals surface area contributed by atoms with Crippen LogP contribution in [0.4, 0.5) is 0 Å². The van der Waals surface area contributed by atoms with Crippen LogP contribution in [0.5, 0.6) is 0 Å². The van der Waals surface area contributed by atoms with Crippen molar-refractivity contribution in [2.24, 2.45) is 10.7 Å². The van der Waals surface area contributed by atoms with E-state index in [0.29, 0.717) is 30.4 Å². The van der Waals surface area contributed by atoms with Crippen molar-refractivity contribution in [1.29, 1.82) is 0 Å². The van der Waals surface area contributed by atoms with Gasteiger partial charge in [0, 0.05) is 6.54 Å².